The number of benzene rings is 1. The first-order valence-electron chi connectivity index (χ1n) is 6.46. The van der Waals surface area contributed by atoms with Crippen LogP contribution in [0, 0.1) is 0 Å². The van der Waals surface area contributed by atoms with Crippen LogP contribution in [-0.2, 0) is 0 Å². The molecule has 2 heterocycles. The molecule has 0 N–H and O–H groups in total. The van der Waals surface area contributed by atoms with E-state index in [0.717, 1.165) is 36.5 Å². The summed E-state index contributed by atoms with van der Waals surface area (Å²) >= 11 is 3.37. The minimum atomic E-state index is 0.857. The van der Waals surface area contributed by atoms with Gasteiger partial charge in [-0.3, -0.25) is 0 Å². The molecule has 0 unspecified atom stereocenters. The Hall–Kier alpha value is -1.33. The van der Waals surface area contributed by atoms with E-state index in [4.69, 9.17) is 0 Å². The number of imidazole rings is 1. The monoisotopic (exact) mass is 320 g/mol. The zero-order valence-electron chi connectivity index (χ0n) is 11.0. The summed E-state index contributed by atoms with van der Waals surface area (Å²) in [5, 5.41) is 0. The van der Waals surface area contributed by atoms with E-state index in [1.54, 1.807) is 0 Å². The van der Waals surface area contributed by atoms with Crippen LogP contribution in [0.4, 0.5) is 5.69 Å². The molecule has 19 heavy (non-hydrogen) atoms. The van der Waals surface area contributed by atoms with Crippen molar-refractivity contribution in [1.82, 2.24) is 14.5 Å². The molecular weight excluding hydrogens is 304 g/mol. The normalized spacial score (nSPS) is 16.8. The van der Waals surface area contributed by atoms with E-state index < -0.39 is 0 Å². The lowest BCUT2D eigenvalue weighted by Crippen LogP contribution is -2.44. The van der Waals surface area contributed by atoms with Crippen molar-refractivity contribution >= 4 is 21.6 Å². The fraction of sp³-hybridized carbons (Fsp3) is 0.357. The number of hydrogen-bond donors (Lipinski definition) is 0. The van der Waals surface area contributed by atoms with Gasteiger partial charge in [-0.05, 0) is 47.2 Å². The van der Waals surface area contributed by atoms with Gasteiger partial charge < -0.3 is 14.4 Å². The van der Waals surface area contributed by atoms with Gasteiger partial charge in [0.1, 0.15) is 10.9 Å². The van der Waals surface area contributed by atoms with Crippen molar-refractivity contribution < 1.29 is 0 Å². The van der Waals surface area contributed by atoms with E-state index in [-0.39, 0.29) is 0 Å². The summed E-state index contributed by atoms with van der Waals surface area (Å²) in [6.07, 6.45) is 3.78. The summed E-state index contributed by atoms with van der Waals surface area (Å²) in [6, 6.07) is 8.66. The molecule has 0 bridgehead atoms. The molecule has 2 aromatic rings. The average molecular weight is 321 g/mol. The molecule has 4 nitrogen and oxygen atoms in total. The number of rotatable bonds is 2. The second-order valence-electron chi connectivity index (χ2n) is 4.91. The minimum absolute atomic E-state index is 0.857. The van der Waals surface area contributed by atoms with Crippen LogP contribution in [0.2, 0.25) is 0 Å². The van der Waals surface area contributed by atoms with Crippen LogP contribution in [0.5, 0.6) is 0 Å². The maximum absolute atomic E-state index is 4.18. The minimum Gasteiger partial charge on any atom is -0.369 e. The molecule has 100 valence electrons. The molecule has 1 fully saturated rings. The lowest BCUT2D eigenvalue weighted by atomic mass is 10.2. The SMILES string of the molecule is CN1CCN(c2ccc(-n3cnc(Br)c3)cc2)CC1. The van der Waals surface area contributed by atoms with Crippen molar-refractivity contribution in [2.24, 2.45) is 0 Å². The molecule has 0 aliphatic carbocycles. The fourth-order valence-corrected chi connectivity index (χ4v) is 2.65. The molecule has 5 heteroatoms. The first-order valence-corrected chi connectivity index (χ1v) is 7.25. The van der Waals surface area contributed by atoms with Crippen molar-refractivity contribution in [2.45, 2.75) is 0 Å². The van der Waals surface area contributed by atoms with Crippen LogP contribution >= 0.6 is 15.9 Å². The molecule has 1 saturated heterocycles. The van der Waals surface area contributed by atoms with Crippen molar-refractivity contribution in [2.75, 3.05) is 38.1 Å². The topological polar surface area (TPSA) is 24.3 Å². The van der Waals surface area contributed by atoms with Crippen molar-refractivity contribution in [3.63, 3.8) is 0 Å². The fourth-order valence-electron chi connectivity index (χ4n) is 2.34. The van der Waals surface area contributed by atoms with Gasteiger partial charge in [-0.1, -0.05) is 0 Å². The highest BCUT2D eigenvalue weighted by molar-refractivity contribution is 9.10. The summed E-state index contributed by atoms with van der Waals surface area (Å²) in [5.74, 6) is 0. The van der Waals surface area contributed by atoms with Crippen molar-refractivity contribution in [3.8, 4) is 5.69 Å². The number of anilines is 1. The van der Waals surface area contributed by atoms with E-state index in [0.29, 0.717) is 0 Å². The Labute approximate surface area is 121 Å². The third kappa shape index (κ3) is 2.82. The first-order chi connectivity index (χ1) is 9.22. The summed E-state index contributed by atoms with van der Waals surface area (Å²) in [5.41, 5.74) is 2.44. The lowest BCUT2D eigenvalue weighted by Gasteiger charge is -2.34. The first kappa shape index (κ1) is 12.7. The van der Waals surface area contributed by atoms with Crippen LogP contribution in [0.15, 0.2) is 41.4 Å². The number of likely N-dealkylation sites (N-methyl/N-ethyl adjacent to an activating group) is 1. The number of hydrogen-bond acceptors (Lipinski definition) is 3. The Morgan fingerprint density at radius 2 is 1.63 bits per heavy atom. The summed E-state index contributed by atoms with van der Waals surface area (Å²) in [4.78, 5) is 8.98. The van der Waals surface area contributed by atoms with Crippen LogP contribution in [0.3, 0.4) is 0 Å². The second kappa shape index (κ2) is 5.35. The van der Waals surface area contributed by atoms with Gasteiger partial charge in [-0.2, -0.15) is 0 Å². The van der Waals surface area contributed by atoms with Gasteiger partial charge >= 0.3 is 0 Å². The third-order valence-corrected chi connectivity index (χ3v) is 3.98. The van der Waals surface area contributed by atoms with Gasteiger partial charge in [0.2, 0.25) is 0 Å². The van der Waals surface area contributed by atoms with E-state index >= 15 is 0 Å². The number of piperazine rings is 1. The van der Waals surface area contributed by atoms with Crippen LogP contribution in [-0.4, -0.2) is 47.7 Å². The van der Waals surface area contributed by atoms with Crippen LogP contribution < -0.4 is 4.90 Å². The molecule has 1 aliphatic rings. The Morgan fingerprint density at radius 3 is 2.21 bits per heavy atom. The molecule has 1 aromatic heterocycles. The van der Waals surface area contributed by atoms with Gasteiger partial charge in [-0.25, -0.2) is 4.98 Å². The highest BCUT2D eigenvalue weighted by Crippen LogP contribution is 2.19. The van der Waals surface area contributed by atoms with Gasteiger partial charge in [0.25, 0.3) is 0 Å². The Bertz CT molecular complexity index is 541. The Morgan fingerprint density at radius 1 is 1.00 bits per heavy atom. The highest BCUT2D eigenvalue weighted by atomic mass is 79.9. The Kier molecular flexibility index (Phi) is 3.57. The lowest BCUT2D eigenvalue weighted by molar-refractivity contribution is 0.313. The van der Waals surface area contributed by atoms with Crippen LogP contribution in [0.25, 0.3) is 5.69 Å². The molecule has 3 rings (SSSR count). The number of nitrogens with zero attached hydrogens (tertiary/aromatic N) is 4. The number of aromatic nitrogens is 2. The van der Waals surface area contributed by atoms with E-state index in [2.05, 4.69) is 62.0 Å². The quantitative estimate of drug-likeness (QED) is 0.849. The summed E-state index contributed by atoms with van der Waals surface area (Å²) in [7, 11) is 2.18. The molecule has 0 amide bonds. The average Bonchev–Trinajstić information content (AvgIpc) is 2.87. The molecular formula is C14H17BrN4. The highest BCUT2D eigenvalue weighted by Gasteiger charge is 2.13. The predicted octanol–water partition coefficient (Wildman–Crippen LogP) is 2.39. The summed E-state index contributed by atoms with van der Waals surface area (Å²) < 4.78 is 2.87. The van der Waals surface area contributed by atoms with Crippen molar-refractivity contribution in [3.05, 3.63) is 41.4 Å². The molecule has 1 aliphatic heterocycles. The van der Waals surface area contributed by atoms with Gasteiger partial charge in [0, 0.05) is 43.8 Å². The standard InChI is InChI=1S/C14H17BrN4/c1-17-6-8-18(9-7-17)12-2-4-13(5-3-12)19-10-14(15)16-11-19/h2-5,10-11H,6-9H2,1H3. The molecule has 0 saturated carbocycles. The molecule has 0 spiro atoms. The van der Waals surface area contributed by atoms with E-state index in [1.165, 1.54) is 5.69 Å². The predicted molar refractivity (Wildman–Crippen MR) is 81.0 cm³/mol. The zero-order valence-corrected chi connectivity index (χ0v) is 12.5. The smallest absolute Gasteiger partial charge is 0.124 e. The third-order valence-electron chi connectivity index (χ3n) is 3.57. The van der Waals surface area contributed by atoms with Crippen LogP contribution in [0.1, 0.15) is 0 Å². The largest absolute Gasteiger partial charge is 0.369 e. The van der Waals surface area contributed by atoms with E-state index in [1.807, 2.05) is 17.1 Å². The van der Waals surface area contributed by atoms with Gasteiger partial charge in [0.05, 0.1) is 0 Å². The second-order valence-corrected chi connectivity index (χ2v) is 5.72. The van der Waals surface area contributed by atoms with Gasteiger partial charge in [0.15, 0.2) is 0 Å². The maximum atomic E-state index is 4.18. The molecule has 1 aromatic carbocycles. The van der Waals surface area contributed by atoms with E-state index in [9.17, 15) is 0 Å². The molecule has 0 atom stereocenters. The molecule has 0 radical (unpaired) electrons. The van der Waals surface area contributed by atoms with Gasteiger partial charge in [-0.15, -0.1) is 0 Å². The maximum Gasteiger partial charge on any atom is 0.124 e. The zero-order chi connectivity index (χ0) is 13.2. The Balaban J connectivity index is 1.75. The van der Waals surface area contributed by atoms with Crippen molar-refractivity contribution in [1.29, 1.82) is 0 Å². The number of halogens is 1. The summed E-state index contributed by atoms with van der Waals surface area (Å²) in [6.45, 7) is 4.48.